The monoisotopic (exact) mass is 316 g/mol. The summed E-state index contributed by atoms with van der Waals surface area (Å²) in [5.74, 6) is 0.309. The van der Waals surface area contributed by atoms with Crippen LogP contribution in [0.15, 0.2) is 24.3 Å². The summed E-state index contributed by atoms with van der Waals surface area (Å²) >= 11 is 1.45. The molecule has 3 rings (SSSR count). The number of carbonyl (C=O) groups is 2. The first-order chi connectivity index (χ1) is 10.6. The van der Waals surface area contributed by atoms with Crippen molar-refractivity contribution in [2.75, 3.05) is 10.6 Å². The van der Waals surface area contributed by atoms with Gasteiger partial charge in [-0.05, 0) is 30.5 Å². The van der Waals surface area contributed by atoms with Crippen LogP contribution in [0.2, 0.25) is 0 Å². The second kappa shape index (κ2) is 6.23. The van der Waals surface area contributed by atoms with Crippen LogP contribution in [0.25, 0.3) is 0 Å². The van der Waals surface area contributed by atoms with Crippen molar-refractivity contribution >= 4 is 34.0 Å². The van der Waals surface area contributed by atoms with Gasteiger partial charge in [-0.15, -0.1) is 10.2 Å². The van der Waals surface area contributed by atoms with Crippen molar-refractivity contribution in [3.05, 3.63) is 34.8 Å². The van der Waals surface area contributed by atoms with E-state index in [0.29, 0.717) is 11.0 Å². The van der Waals surface area contributed by atoms with Crippen molar-refractivity contribution in [2.24, 2.45) is 0 Å². The van der Waals surface area contributed by atoms with E-state index in [1.807, 2.05) is 12.1 Å². The maximum absolute atomic E-state index is 12.0. The first kappa shape index (κ1) is 14.6. The SMILES string of the molecule is CC(=O)Nc1ccc(CC(=O)Nc2nnc(C3CC3)s2)cc1. The molecule has 1 saturated carbocycles. The van der Waals surface area contributed by atoms with Gasteiger partial charge in [0.1, 0.15) is 5.01 Å². The maximum atomic E-state index is 12.0. The van der Waals surface area contributed by atoms with Crippen LogP contribution in [-0.2, 0) is 16.0 Å². The molecule has 0 bridgehead atoms. The number of hydrogen-bond donors (Lipinski definition) is 2. The molecule has 22 heavy (non-hydrogen) atoms. The van der Waals surface area contributed by atoms with E-state index in [2.05, 4.69) is 20.8 Å². The van der Waals surface area contributed by atoms with E-state index in [1.165, 1.54) is 31.1 Å². The summed E-state index contributed by atoms with van der Waals surface area (Å²) in [6.07, 6.45) is 2.60. The van der Waals surface area contributed by atoms with E-state index in [9.17, 15) is 9.59 Å². The maximum Gasteiger partial charge on any atom is 0.230 e. The smallest absolute Gasteiger partial charge is 0.230 e. The number of nitrogens with zero attached hydrogens (tertiary/aromatic N) is 2. The molecule has 1 aliphatic carbocycles. The Morgan fingerprint density at radius 2 is 1.91 bits per heavy atom. The normalized spacial score (nSPS) is 13.7. The van der Waals surface area contributed by atoms with Crippen molar-refractivity contribution in [2.45, 2.75) is 32.1 Å². The molecular formula is C15H16N4O2S. The lowest BCUT2D eigenvalue weighted by Crippen LogP contribution is -2.14. The minimum absolute atomic E-state index is 0.117. The summed E-state index contributed by atoms with van der Waals surface area (Å²) in [6, 6.07) is 7.20. The molecule has 1 fully saturated rings. The fraction of sp³-hybridized carbons (Fsp3) is 0.333. The number of benzene rings is 1. The zero-order valence-corrected chi connectivity index (χ0v) is 12.9. The fourth-order valence-corrected chi connectivity index (χ4v) is 2.97. The summed E-state index contributed by atoms with van der Waals surface area (Å²) in [4.78, 5) is 22.9. The molecule has 2 N–H and O–H groups in total. The van der Waals surface area contributed by atoms with Crippen LogP contribution in [0, 0.1) is 0 Å². The van der Waals surface area contributed by atoms with Crippen LogP contribution < -0.4 is 10.6 Å². The molecule has 0 aliphatic heterocycles. The standard InChI is InChI=1S/C15H16N4O2S/c1-9(20)16-12-6-2-10(3-7-12)8-13(21)17-15-19-18-14(22-15)11-4-5-11/h2-3,6-7,11H,4-5,8H2,1H3,(H,16,20)(H,17,19,21). The largest absolute Gasteiger partial charge is 0.326 e. The van der Waals surface area contributed by atoms with Crippen molar-refractivity contribution in [1.29, 1.82) is 0 Å². The predicted octanol–water partition coefficient (Wildman–Crippen LogP) is 2.56. The Kier molecular flexibility index (Phi) is 4.15. The second-order valence-electron chi connectivity index (χ2n) is 5.32. The van der Waals surface area contributed by atoms with Gasteiger partial charge in [-0.2, -0.15) is 0 Å². The zero-order valence-electron chi connectivity index (χ0n) is 12.1. The molecule has 114 valence electrons. The highest BCUT2D eigenvalue weighted by Gasteiger charge is 2.27. The minimum Gasteiger partial charge on any atom is -0.326 e. The van der Waals surface area contributed by atoms with Crippen LogP contribution >= 0.6 is 11.3 Å². The fourth-order valence-electron chi connectivity index (χ4n) is 2.04. The topological polar surface area (TPSA) is 84.0 Å². The summed E-state index contributed by atoms with van der Waals surface area (Å²) in [5, 5.41) is 15.1. The Labute approximate surface area is 132 Å². The van der Waals surface area contributed by atoms with Crippen molar-refractivity contribution in [3.63, 3.8) is 0 Å². The molecule has 0 atom stereocenters. The number of carbonyl (C=O) groups excluding carboxylic acids is 2. The van der Waals surface area contributed by atoms with Gasteiger partial charge in [-0.25, -0.2) is 0 Å². The molecule has 0 saturated heterocycles. The summed E-state index contributed by atoms with van der Waals surface area (Å²) in [7, 11) is 0. The lowest BCUT2D eigenvalue weighted by Gasteiger charge is -2.04. The molecule has 2 amide bonds. The highest BCUT2D eigenvalue weighted by atomic mass is 32.1. The van der Waals surface area contributed by atoms with Gasteiger partial charge in [0, 0.05) is 18.5 Å². The van der Waals surface area contributed by atoms with Crippen LogP contribution in [0.1, 0.15) is 36.3 Å². The van der Waals surface area contributed by atoms with Crippen LogP contribution in [0.4, 0.5) is 10.8 Å². The first-order valence-electron chi connectivity index (χ1n) is 7.10. The van der Waals surface area contributed by atoms with Gasteiger partial charge in [0.05, 0.1) is 6.42 Å². The molecule has 1 aromatic heterocycles. The van der Waals surface area contributed by atoms with E-state index >= 15 is 0 Å². The quantitative estimate of drug-likeness (QED) is 0.888. The van der Waals surface area contributed by atoms with Crippen molar-refractivity contribution in [1.82, 2.24) is 10.2 Å². The Morgan fingerprint density at radius 3 is 2.55 bits per heavy atom. The average molecular weight is 316 g/mol. The second-order valence-corrected chi connectivity index (χ2v) is 6.33. The molecule has 0 radical (unpaired) electrons. The van der Waals surface area contributed by atoms with E-state index in [-0.39, 0.29) is 18.2 Å². The van der Waals surface area contributed by atoms with Gasteiger partial charge in [-0.1, -0.05) is 23.5 Å². The van der Waals surface area contributed by atoms with Crippen LogP contribution in [0.3, 0.4) is 0 Å². The number of anilines is 2. The highest BCUT2D eigenvalue weighted by molar-refractivity contribution is 7.15. The molecule has 6 nitrogen and oxygen atoms in total. The summed E-state index contributed by atoms with van der Waals surface area (Å²) in [6.45, 7) is 1.46. The van der Waals surface area contributed by atoms with Gasteiger partial charge in [0.25, 0.3) is 0 Å². The third kappa shape index (κ3) is 3.88. The van der Waals surface area contributed by atoms with E-state index in [0.717, 1.165) is 16.3 Å². The van der Waals surface area contributed by atoms with Crippen LogP contribution in [0.5, 0.6) is 0 Å². The number of amides is 2. The molecule has 0 unspecified atom stereocenters. The minimum atomic E-state index is -0.120. The van der Waals surface area contributed by atoms with Gasteiger partial charge >= 0.3 is 0 Å². The average Bonchev–Trinajstić information content (AvgIpc) is 3.21. The van der Waals surface area contributed by atoms with Gasteiger partial charge in [-0.3, -0.25) is 9.59 Å². The number of nitrogens with one attached hydrogen (secondary N) is 2. The van der Waals surface area contributed by atoms with Gasteiger partial charge in [0.15, 0.2) is 0 Å². The van der Waals surface area contributed by atoms with E-state index in [4.69, 9.17) is 0 Å². The lowest BCUT2D eigenvalue weighted by atomic mass is 10.1. The Balaban J connectivity index is 1.55. The molecule has 0 spiro atoms. The van der Waals surface area contributed by atoms with Crippen LogP contribution in [-0.4, -0.2) is 22.0 Å². The molecule has 1 aromatic carbocycles. The number of aromatic nitrogens is 2. The Morgan fingerprint density at radius 1 is 1.18 bits per heavy atom. The Hall–Kier alpha value is -2.28. The Bertz CT molecular complexity index is 692. The van der Waals surface area contributed by atoms with Crippen molar-refractivity contribution < 1.29 is 9.59 Å². The predicted molar refractivity (Wildman–Crippen MR) is 85.0 cm³/mol. The van der Waals surface area contributed by atoms with E-state index < -0.39 is 0 Å². The third-order valence-corrected chi connectivity index (χ3v) is 4.25. The molecule has 2 aromatic rings. The van der Waals surface area contributed by atoms with Gasteiger partial charge in [0.2, 0.25) is 16.9 Å². The molecule has 1 heterocycles. The zero-order chi connectivity index (χ0) is 15.5. The summed E-state index contributed by atoms with van der Waals surface area (Å²) < 4.78 is 0. The summed E-state index contributed by atoms with van der Waals surface area (Å²) in [5.41, 5.74) is 1.59. The van der Waals surface area contributed by atoms with E-state index in [1.54, 1.807) is 12.1 Å². The highest BCUT2D eigenvalue weighted by Crippen LogP contribution is 2.42. The number of hydrogen-bond acceptors (Lipinski definition) is 5. The number of rotatable bonds is 5. The molecular weight excluding hydrogens is 300 g/mol. The third-order valence-electron chi connectivity index (χ3n) is 3.25. The van der Waals surface area contributed by atoms with Crippen molar-refractivity contribution in [3.8, 4) is 0 Å². The lowest BCUT2D eigenvalue weighted by molar-refractivity contribution is -0.116. The first-order valence-corrected chi connectivity index (χ1v) is 7.91. The molecule has 1 aliphatic rings. The molecule has 7 heteroatoms. The van der Waals surface area contributed by atoms with Gasteiger partial charge < -0.3 is 10.6 Å².